The average Bonchev–Trinajstić information content (AvgIpc) is 3.09. The molecule has 0 aliphatic rings. The summed E-state index contributed by atoms with van der Waals surface area (Å²) in [5, 5.41) is 2.51. The van der Waals surface area contributed by atoms with Gasteiger partial charge in [0.1, 0.15) is 17.2 Å². The molecule has 2 N–H and O–H groups in total. The summed E-state index contributed by atoms with van der Waals surface area (Å²) in [6, 6.07) is 0. The molecule has 0 radical (unpaired) electrons. The third-order valence-electron chi connectivity index (χ3n) is 2.91. The van der Waals surface area contributed by atoms with E-state index in [-0.39, 0.29) is 12.4 Å². The van der Waals surface area contributed by atoms with Gasteiger partial charge in [0.15, 0.2) is 4.96 Å². The van der Waals surface area contributed by atoms with Gasteiger partial charge >= 0.3 is 6.18 Å². The van der Waals surface area contributed by atoms with E-state index in [2.05, 4.69) is 20.3 Å². The number of carbonyl (C=O) groups excluding carboxylic acids is 1. The SMILES string of the molecule is Cc1cn2c(C(=O)NCc3ncc(C(F)(F)F)[nH]3)cnc2s1. The molecule has 0 unspecified atom stereocenters. The number of alkyl halides is 3. The topological polar surface area (TPSA) is 75.1 Å². The Morgan fingerprint density at radius 3 is 2.86 bits per heavy atom. The number of nitrogens with one attached hydrogen (secondary N) is 2. The number of aryl methyl sites for hydroxylation is 1. The van der Waals surface area contributed by atoms with E-state index in [1.54, 1.807) is 10.6 Å². The summed E-state index contributed by atoms with van der Waals surface area (Å²) in [6.07, 6.45) is -0.595. The molecule has 0 aliphatic carbocycles. The molecule has 3 aromatic rings. The molecule has 0 bridgehead atoms. The fourth-order valence-corrected chi connectivity index (χ4v) is 2.72. The maximum absolute atomic E-state index is 12.4. The number of fused-ring (bicyclic) bond motifs is 1. The number of rotatable bonds is 3. The second-order valence-corrected chi connectivity index (χ2v) is 5.78. The second kappa shape index (κ2) is 5.13. The van der Waals surface area contributed by atoms with Gasteiger partial charge in [-0.3, -0.25) is 9.20 Å². The Labute approximate surface area is 126 Å². The summed E-state index contributed by atoms with van der Waals surface area (Å²) < 4.78 is 38.9. The number of aromatic amines is 1. The largest absolute Gasteiger partial charge is 0.432 e. The van der Waals surface area contributed by atoms with E-state index >= 15 is 0 Å². The van der Waals surface area contributed by atoms with Gasteiger partial charge in [0.05, 0.1) is 18.9 Å². The van der Waals surface area contributed by atoms with Crippen molar-refractivity contribution >= 4 is 22.2 Å². The number of carbonyl (C=O) groups is 1. The smallest absolute Gasteiger partial charge is 0.343 e. The van der Waals surface area contributed by atoms with Crippen LogP contribution in [-0.4, -0.2) is 25.3 Å². The van der Waals surface area contributed by atoms with Crippen LogP contribution in [0.3, 0.4) is 0 Å². The first kappa shape index (κ1) is 14.6. The zero-order chi connectivity index (χ0) is 15.9. The van der Waals surface area contributed by atoms with Crippen LogP contribution in [0.25, 0.3) is 4.96 Å². The van der Waals surface area contributed by atoms with Gasteiger partial charge in [0, 0.05) is 11.1 Å². The minimum Gasteiger partial charge on any atom is -0.343 e. The van der Waals surface area contributed by atoms with Crippen molar-refractivity contribution in [2.24, 2.45) is 0 Å². The number of nitrogens with zero attached hydrogens (tertiary/aromatic N) is 3. The lowest BCUT2D eigenvalue weighted by molar-refractivity contribution is -0.140. The zero-order valence-electron chi connectivity index (χ0n) is 11.2. The highest BCUT2D eigenvalue weighted by Crippen LogP contribution is 2.27. The molecular formula is C12H10F3N5OS. The van der Waals surface area contributed by atoms with Gasteiger partial charge in [-0.1, -0.05) is 0 Å². The first-order chi connectivity index (χ1) is 10.3. The standard InChI is InChI=1S/C12H10F3N5OS/c1-6-5-20-7(2-18-11(20)22-6)10(21)17-4-9-16-3-8(19-9)12(13,14)15/h2-3,5H,4H2,1H3,(H,16,19)(H,17,21). The summed E-state index contributed by atoms with van der Waals surface area (Å²) in [5.74, 6) is -0.404. The molecule has 0 spiro atoms. The van der Waals surface area contributed by atoms with E-state index in [0.717, 1.165) is 4.88 Å². The van der Waals surface area contributed by atoms with Gasteiger partial charge in [0.2, 0.25) is 0 Å². The van der Waals surface area contributed by atoms with E-state index in [0.29, 0.717) is 16.9 Å². The maximum Gasteiger partial charge on any atom is 0.432 e. The van der Waals surface area contributed by atoms with Crippen LogP contribution in [0, 0.1) is 6.92 Å². The number of hydrogen-bond donors (Lipinski definition) is 2. The third kappa shape index (κ3) is 2.69. The summed E-state index contributed by atoms with van der Waals surface area (Å²) >= 11 is 1.44. The van der Waals surface area contributed by atoms with E-state index in [4.69, 9.17) is 0 Å². The molecule has 0 saturated heterocycles. The molecular weight excluding hydrogens is 319 g/mol. The van der Waals surface area contributed by atoms with Gasteiger partial charge in [-0.05, 0) is 6.92 Å². The Kier molecular flexibility index (Phi) is 3.39. The van der Waals surface area contributed by atoms with Gasteiger partial charge in [-0.25, -0.2) is 9.97 Å². The van der Waals surface area contributed by atoms with Crippen molar-refractivity contribution in [3.63, 3.8) is 0 Å². The number of thiazole rings is 1. The summed E-state index contributed by atoms with van der Waals surface area (Å²) in [5.41, 5.74) is -0.626. The molecule has 3 rings (SSSR count). The highest BCUT2D eigenvalue weighted by atomic mass is 32.1. The monoisotopic (exact) mass is 329 g/mol. The van der Waals surface area contributed by atoms with Crippen LogP contribution in [-0.2, 0) is 12.7 Å². The molecule has 0 saturated carbocycles. The third-order valence-corrected chi connectivity index (χ3v) is 3.82. The fraction of sp³-hybridized carbons (Fsp3) is 0.250. The van der Waals surface area contributed by atoms with Crippen LogP contribution in [0.15, 0.2) is 18.6 Å². The molecule has 0 atom stereocenters. The van der Waals surface area contributed by atoms with Gasteiger partial charge in [-0.15, -0.1) is 11.3 Å². The molecule has 22 heavy (non-hydrogen) atoms. The highest BCUT2D eigenvalue weighted by molar-refractivity contribution is 7.17. The van der Waals surface area contributed by atoms with E-state index in [9.17, 15) is 18.0 Å². The highest BCUT2D eigenvalue weighted by Gasteiger charge is 2.32. The molecule has 1 amide bonds. The van der Waals surface area contributed by atoms with Crippen molar-refractivity contribution in [1.82, 2.24) is 24.7 Å². The fourth-order valence-electron chi connectivity index (χ4n) is 1.92. The number of H-pyrrole nitrogens is 1. The van der Waals surface area contributed by atoms with Crippen molar-refractivity contribution in [3.8, 4) is 0 Å². The number of halogens is 3. The summed E-state index contributed by atoms with van der Waals surface area (Å²) in [7, 11) is 0. The Morgan fingerprint density at radius 1 is 1.41 bits per heavy atom. The molecule has 116 valence electrons. The van der Waals surface area contributed by atoms with Crippen LogP contribution < -0.4 is 5.32 Å². The lowest BCUT2D eigenvalue weighted by atomic mass is 10.4. The Hall–Kier alpha value is -2.36. The van der Waals surface area contributed by atoms with Crippen LogP contribution in [0.1, 0.15) is 26.9 Å². The Balaban J connectivity index is 1.71. The Bertz CT molecular complexity index is 831. The van der Waals surface area contributed by atoms with Crippen molar-refractivity contribution in [3.05, 3.63) is 40.7 Å². The van der Waals surface area contributed by atoms with E-state index in [1.807, 2.05) is 6.92 Å². The molecule has 3 aromatic heterocycles. The number of imidazole rings is 2. The summed E-state index contributed by atoms with van der Waals surface area (Å²) in [6.45, 7) is 1.76. The minimum atomic E-state index is -4.49. The average molecular weight is 329 g/mol. The van der Waals surface area contributed by atoms with Crippen LogP contribution in [0.5, 0.6) is 0 Å². The molecule has 0 aromatic carbocycles. The number of hydrogen-bond acceptors (Lipinski definition) is 4. The first-order valence-electron chi connectivity index (χ1n) is 6.17. The normalized spacial score (nSPS) is 12.0. The number of amides is 1. The predicted molar refractivity (Wildman–Crippen MR) is 72.6 cm³/mol. The molecule has 6 nitrogen and oxygen atoms in total. The van der Waals surface area contributed by atoms with Gasteiger partial charge < -0.3 is 10.3 Å². The lowest BCUT2D eigenvalue weighted by Gasteiger charge is -2.03. The quantitative estimate of drug-likeness (QED) is 0.775. The van der Waals surface area contributed by atoms with Crippen LogP contribution in [0.2, 0.25) is 0 Å². The van der Waals surface area contributed by atoms with E-state index in [1.165, 1.54) is 17.5 Å². The molecule has 0 aliphatic heterocycles. The van der Waals surface area contributed by atoms with Crippen molar-refractivity contribution in [1.29, 1.82) is 0 Å². The minimum absolute atomic E-state index is 0.0305. The van der Waals surface area contributed by atoms with E-state index < -0.39 is 17.8 Å². The Morgan fingerprint density at radius 2 is 2.18 bits per heavy atom. The molecule has 10 heteroatoms. The van der Waals surface area contributed by atoms with Crippen LogP contribution >= 0.6 is 11.3 Å². The molecule has 0 fully saturated rings. The summed E-state index contributed by atoms with van der Waals surface area (Å²) in [4.78, 5) is 23.6. The van der Waals surface area contributed by atoms with Crippen LogP contribution in [0.4, 0.5) is 13.2 Å². The maximum atomic E-state index is 12.4. The molecule has 3 heterocycles. The second-order valence-electron chi connectivity index (χ2n) is 4.56. The predicted octanol–water partition coefficient (Wildman–Crippen LogP) is 2.38. The van der Waals surface area contributed by atoms with Crippen molar-refractivity contribution in [2.75, 3.05) is 0 Å². The zero-order valence-corrected chi connectivity index (χ0v) is 12.0. The van der Waals surface area contributed by atoms with Gasteiger partial charge in [-0.2, -0.15) is 13.2 Å². The van der Waals surface area contributed by atoms with Crippen molar-refractivity contribution in [2.45, 2.75) is 19.6 Å². The lowest BCUT2D eigenvalue weighted by Crippen LogP contribution is -2.24. The van der Waals surface area contributed by atoms with Crippen molar-refractivity contribution < 1.29 is 18.0 Å². The number of aromatic nitrogens is 4. The first-order valence-corrected chi connectivity index (χ1v) is 6.99. The van der Waals surface area contributed by atoms with Gasteiger partial charge in [0.25, 0.3) is 5.91 Å².